The molecule has 3 nitrogen and oxygen atoms in total. The van der Waals surface area contributed by atoms with E-state index in [1.54, 1.807) is 0 Å². The van der Waals surface area contributed by atoms with Crippen LogP contribution >= 0.6 is 0 Å². The number of nitrogens with one attached hydrogen (secondary N) is 1. The van der Waals surface area contributed by atoms with E-state index in [-0.39, 0.29) is 7.05 Å². The SMILES string of the molecule is CB(O)N(C)[C@H]1CCCN[C@H]1C. The van der Waals surface area contributed by atoms with E-state index < -0.39 is 0 Å². The summed E-state index contributed by atoms with van der Waals surface area (Å²) in [5.74, 6) is 0. The molecule has 70 valence electrons. The van der Waals surface area contributed by atoms with E-state index in [1.165, 1.54) is 12.8 Å². The van der Waals surface area contributed by atoms with Crippen molar-refractivity contribution in [3.05, 3.63) is 0 Å². The van der Waals surface area contributed by atoms with Crippen LogP contribution in [0.3, 0.4) is 0 Å². The molecule has 0 unspecified atom stereocenters. The predicted molar refractivity (Wildman–Crippen MR) is 52.1 cm³/mol. The fourth-order valence-corrected chi connectivity index (χ4v) is 1.86. The molecule has 0 aromatic rings. The zero-order valence-corrected chi connectivity index (χ0v) is 8.25. The molecule has 2 atom stereocenters. The maximum absolute atomic E-state index is 9.39. The molecule has 0 bridgehead atoms. The third kappa shape index (κ3) is 2.22. The van der Waals surface area contributed by atoms with E-state index in [1.807, 2.05) is 18.7 Å². The van der Waals surface area contributed by atoms with E-state index in [4.69, 9.17) is 0 Å². The van der Waals surface area contributed by atoms with Gasteiger partial charge in [0, 0.05) is 12.1 Å². The fraction of sp³-hybridized carbons (Fsp3) is 1.00. The Morgan fingerprint density at radius 1 is 1.58 bits per heavy atom. The van der Waals surface area contributed by atoms with Gasteiger partial charge in [-0.25, -0.2) is 0 Å². The average molecular weight is 170 g/mol. The van der Waals surface area contributed by atoms with Crippen molar-refractivity contribution < 1.29 is 5.02 Å². The molecule has 0 amide bonds. The van der Waals surface area contributed by atoms with Gasteiger partial charge in [0.1, 0.15) is 0 Å². The topological polar surface area (TPSA) is 35.5 Å². The van der Waals surface area contributed by atoms with Crippen molar-refractivity contribution in [3.8, 4) is 0 Å². The summed E-state index contributed by atoms with van der Waals surface area (Å²) in [6, 6.07) is 0.983. The van der Waals surface area contributed by atoms with E-state index in [0.717, 1.165) is 6.54 Å². The van der Waals surface area contributed by atoms with Gasteiger partial charge in [0.2, 0.25) is 0 Å². The predicted octanol–water partition coefficient (Wildman–Crippen LogP) is 0.169. The van der Waals surface area contributed by atoms with E-state index >= 15 is 0 Å². The van der Waals surface area contributed by atoms with Crippen molar-refractivity contribution in [3.63, 3.8) is 0 Å². The van der Waals surface area contributed by atoms with Gasteiger partial charge in [0.25, 0.3) is 0 Å². The Labute approximate surface area is 75.3 Å². The molecule has 0 aromatic heterocycles. The first kappa shape index (κ1) is 10.0. The molecular weight excluding hydrogens is 151 g/mol. The Morgan fingerprint density at radius 2 is 2.25 bits per heavy atom. The summed E-state index contributed by atoms with van der Waals surface area (Å²) in [5, 5.41) is 12.8. The monoisotopic (exact) mass is 170 g/mol. The van der Waals surface area contributed by atoms with Crippen molar-refractivity contribution in [1.82, 2.24) is 10.1 Å². The van der Waals surface area contributed by atoms with Crippen LogP contribution in [0.5, 0.6) is 0 Å². The van der Waals surface area contributed by atoms with Crippen molar-refractivity contribution in [2.45, 2.75) is 38.7 Å². The molecule has 4 heteroatoms. The maximum Gasteiger partial charge on any atom is 0.376 e. The highest BCUT2D eigenvalue weighted by Gasteiger charge is 2.27. The summed E-state index contributed by atoms with van der Waals surface area (Å²) in [7, 11) is 1.65. The van der Waals surface area contributed by atoms with Gasteiger partial charge in [-0.1, -0.05) is 0 Å². The lowest BCUT2D eigenvalue weighted by molar-refractivity contribution is 0.225. The van der Waals surface area contributed by atoms with E-state index in [9.17, 15) is 5.02 Å². The first-order valence-electron chi connectivity index (χ1n) is 4.76. The van der Waals surface area contributed by atoms with Crippen LogP contribution < -0.4 is 5.32 Å². The van der Waals surface area contributed by atoms with Gasteiger partial charge in [0.05, 0.1) is 0 Å². The third-order valence-corrected chi connectivity index (χ3v) is 2.83. The minimum Gasteiger partial charge on any atom is -0.437 e. The maximum atomic E-state index is 9.39. The van der Waals surface area contributed by atoms with Gasteiger partial charge in [0.15, 0.2) is 0 Å². The van der Waals surface area contributed by atoms with Crippen LogP contribution in [0.25, 0.3) is 0 Å². The van der Waals surface area contributed by atoms with E-state index in [2.05, 4.69) is 12.2 Å². The minimum atomic E-state index is -0.336. The van der Waals surface area contributed by atoms with Gasteiger partial charge < -0.3 is 15.2 Å². The van der Waals surface area contributed by atoms with Gasteiger partial charge in [-0.3, -0.25) is 0 Å². The van der Waals surface area contributed by atoms with Crippen LogP contribution in [-0.4, -0.2) is 42.6 Å². The molecule has 0 radical (unpaired) electrons. The molecule has 0 saturated carbocycles. The van der Waals surface area contributed by atoms with Gasteiger partial charge in [-0.15, -0.1) is 0 Å². The van der Waals surface area contributed by atoms with Crippen molar-refractivity contribution in [2.75, 3.05) is 13.6 Å². The molecule has 1 saturated heterocycles. The highest BCUT2D eigenvalue weighted by Crippen LogP contribution is 2.14. The van der Waals surface area contributed by atoms with Crippen molar-refractivity contribution in [1.29, 1.82) is 0 Å². The highest BCUT2D eigenvalue weighted by molar-refractivity contribution is 6.45. The number of piperidine rings is 1. The molecule has 2 N–H and O–H groups in total. The van der Waals surface area contributed by atoms with Crippen molar-refractivity contribution >= 4 is 7.05 Å². The Hall–Kier alpha value is -0.0551. The van der Waals surface area contributed by atoms with Crippen LogP contribution in [0.15, 0.2) is 0 Å². The minimum absolute atomic E-state index is 0.336. The number of likely N-dealkylation sites (N-methyl/N-ethyl adjacent to an activating group) is 1. The quantitative estimate of drug-likeness (QED) is 0.580. The summed E-state index contributed by atoms with van der Waals surface area (Å²) >= 11 is 0. The Balaban J connectivity index is 2.47. The normalized spacial score (nSPS) is 30.8. The van der Waals surface area contributed by atoms with E-state index in [0.29, 0.717) is 12.1 Å². The summed E-state index contributed by atoms with van der Waals surface area (Å²) in [5.41, 5.74) is 0. The summed E-state index contributed by atoms with van der Waals surface area (Å²) < 4.78 is 0. The van der Waals surface area contributed by atoms with Gasteiger partial charge in [-0.05, 0) is 40.2 Å². The first-order chi connectivity index (χ1) is 5.63. The molecule has 0 aromatic carbocycles. The Kier molecular flexibility index (Phi) is 3.56. The summed E-state index contributed by atoms with van der Waals surface area (Å²) in [6.07, 6.45) is 2.40. The second-order valence-corrected chi connectivity index (χ2v) is 3.75. The first-order valence-corrected chi connectivity index (χ1v) is 4.76. The van der Waals surface area contributed by atoms with Crippen molar-refractivity contribution in [2.24, 2.45) is 0 Å². The van der Waals surface area contributed by atoms with Crippen LogP contribution in [0.1, 0.15) is 19.8 Å². The van der Waals surface area contributed by atoms with Crippen LogP contribution in [0, 0.1) is 0 Å². The second-order valence-electron chi connectivity index (χ2n) is 3.75. The number of rotatable bonds is 2. The third-order valence-electron chi connectivity index (χ3n) is 2.83. The Morgan fingerprint density at radius 3 is 2.75 bits per heavy atom. The lowest BCUT2D eigenvalue weighted by atomic mass is 9.81. The molecule has 0 spiro atoms. The summed E-state index contributed by atoms with van der Waals surface area (Å²) in [4.78, 5) is 2.04. The summed E-state index contributed by atoms with van der Waals surface area (Å²) in [6.45, 7) is 5.12. The molecule has 1 aliphatic heterocycles. The average Bonchev–Trinajstić information content (AvgIpc) is 2.04. The zero-order chi connectivity index (χ0) is 9.14. The Bertz CT molecular complexity index is 143. The molecule has 1 rings (SSSR count). The lowest BCUT2D eigenvalue weighted by Gasteiger charge is -2.37. The molecule has 1 heterocycles. The smallest absolute Gasteiger partial charge is 0.376 e. The van der Waals surface area contributed by atoms with Gasteiger partial charge in [-0.2, -0.15) is 0 Å². The second kappa shape index (κ2) is 4.26. The van der Waals surface area contributed by atoms with Crippen LogP contribution in [-0.2, 0) is 0 Å². The largest absolute Gasteiger partial charge is 0.437 e. The number of nitrogens with zero attached hydrogens (tertiary/aromatic N) is 1. The highest BCUT2D eigenvalue weighted by atomic mass is 16.2. The standard InChI is InChI=1S/C8H19BN2O/c1-7-8(5-4-6-10-7)11(3)9(2)12/h7-8,10,12H,4-6H2,1-3H3/t7-,8-/m0/s1. The van der Waals surface area contributed by atoms with Crippen LogP contribution in [0.2, 0.25) is 6.82 Å². The molecule has 1 aliphatic rings. The number of hydrogen-bond donors (Lipinski definition) is 2. The molecule has 0 aliphatic carbocycles. The molecular formula is C8H19BN2O. The molecule has 1 fully saturated rings. The fourth-order valence-electron chi connectivity index (χ4n) is 1.86. The lowest BCUT2D eigenvalue weighted by Crippen LogP contribution is -2.54. The van der Waals surface area contributed by atoms with Gasteiger partial charge >= 0.3 is 7.05 Å². The zero-order valence-electron chi connectivity index (χ0n) is 8.25. The molecule has 12 heavy (non-hydrogen) atoms. The number of hydrogen-bond acceptors (Lipinski definition) is 3. The van der Waals surface area contributed by atoms with Crippen LogP contribution in [0.4, 0.5) is 0 Å².